The summed E-state index contributed by atoms with van der Waals surface area (Å²) in [6.45, 7) is 0.211. The molecule has 1 amide bonds. The highest BCUT2D eigenvalue weighted by Crippen LogP contribution is 2.50. The fraction of sp³-hybridized carbons (Fsp3) is 0.409. The van der Waals surface area contributed by atoms with Crippen LogP contribution in [0.25, 0.3) is 0 Å². The van der Waals surface area contributed by atoms with E-state index in [1.54, 1.807) is 0 Å². The molecule has 2 aromatic rings. The number of nitrogens with zero attached hydrogens (tertiary/aromatic N) is 1. The Morgan fingerprint density at radius 1 is 0.909 bits per heavy atom. The van der Waals surface area contributed by atoms with Crippen molar-refractivity contribution < 1.29 is 45.7 Å². The smallest absolute Gasteiger partial charge is 0.430 e. The van der Waals surface area contributed by atoms with Crippen molar-refractivity contribution in [1.29, 1.82) is 0 Å². The van der Waals surface area contributed by atoms with Crippen LogP contribution < -0.4 is 14.4 Å². The number of hydrogen-bond donors (Lipinski definition) is 1. The molecule has 1 aliphatic heterocycles. The van der Waals surface area contributed by atoms with Gasteiger partial charge in [0.2, 0.25) is 0 Å². The highest BCUT2D eigenvalue weighted by atomic mass is 19.4. The van der Waals surface area contributed by atoms with Gasteiger partial charge in [0.25, 0.3) is 11.5 Å². The predicted molar refractivity (Wildman–Crippen MR) is 107 cm³/mol. The number of amides is 1. The Bertz CT molecular complexity index is 1020. The summed E-state index contributed by atoms with van der Waals surface area (Å²) in [5.74, 6) is 0.163. The van der Waals surface area contributed by atoms with E-state index in [1.807, 2.05) is 0 Å². The highest BCUT2D eigenvalue weighted by Gasteiger charge is 2.71. The molecular weight excluding hydrogens is 456 g/mol. The number of aliphatic hydroxyl groups is 1. The van der Waals surface area contributed by atoms with Crippen molar-refractivity contribution in [1.82, 2.24) is 0 Å². The standard InChI is InChI=1S/C22H21F6NO4/c1-32-17-9-6-14(12-18(17)33-2)19(30)29-10-4-3-5-13-11-15(7-8-16(13)29)20(31,21(23,24)25)22(26,27)28/h6-9,11-12,31H,3-5,10H2,1-2H3. The maximum atomic E-state index is 13.3. The van der Waals surface area contributed by atoms with E-state index in [4.69, 9.17) is 9.47 Å². The summed E-state index contributed by atoms with van der Waals surface area (Å²) < 4.78 is 90.1. The Morgan fingerprint density at radius 3 is 2.12 bits per heavy atom. The molecule has 0 saturated carbocycles. The number of carbonyl (C=O) groups excluding carboxylic acids is 1. The SMILES string of the molecule is COc1ccc(C(=O)N2CCCCc3cc(C(O)(C(F)(F)F)C(F)(F)F)ccc32)cc1OC. The monoisotopic (exact) mass is 477 g/mol. The van der Waals surface area contributed by atoms with Gasteiger partial charge in [-0.15, -0.1) is 0 Å². The van der Waals surface area contributed by atoms with Crippen molar-refractivity contribution in [2.45, 2.75) is 37.2 Å². The van der Waals surface area contributed by atoms with Crippen LogP contribution in [0.3, 0.4) is 0 Å². The predicted octanol–water partition coefficient (Wildman–Crippen LogP) is 5.00. The van der Waals surface area contributed by atoms with E-state index in [0.717, 1.165) is 6.07 Å². The number of fused-ring (bicyclic) bond motifs is 1. The quantitative estimate of drug-likeness (QED) is 0.630. The summed E-state index contributed by atoms with van der Waals surface area (Å²) in [5, 5.41) is 9.73. The van der Waals surface area contributed by atoms with Crippen molar-refractivity contribution in [2.75, 3.05) is 25.7 Å². The number of benzene rings is 2. The summed E-state index contributed by atoms with van der Waals surface area (Å²) in [6.07, 6.45) is -10.9. The van der Waals surface area contributed by atoms with E-state index >= 15 is 0 Å². The molecule has 0 aliphatic carbocycles. The van der Waals surface area contributed by atoms with Gasteiger partial charge in [-0.25, -0.2) is 0 Å². The van der Waals surface area contributed by atoms with Gasteiger partial charge in [-0.1, -0.05) is 12.1 Å². The van der Waals surface area contributed by atoms with Gasteiger partial charge in [-0.2, -0.15) is 26.3 Å². The third kappa shape index (κ3) is 4.33. The summed E-state index contributed by atoms with van der Waals surface area (Å²) in [7, 11) is 2.81. The molecule has 2 aromatic carbocycles. The summed E-state index contributed by atoms with van der Waals surface area (Å²) in [4.78, 5) is 14.5. The molecule has 1 aliphatic rings. The second kappa shape index (κ2) is 8.77. The molecule has 0 atom stereocenters. The first kappa shape index (κ1) is 24.7. The second-order valence-electron chi connectivity index (χ2n) is 7.53. The van der Waals surface area contributed by atoms with Gasteiger partial charge in [0.15, 0.2) is 11.5 Å². The first-order chi connectivity index (χ1) is 15.3. The molecule has 0 fully saturated rings. The molecule has 11 heteroatoms. The van der Waals surface area contributed by atoms with Crippen molar-refractivity contribution in [3.8, 4) is 11.5 Å². The normalized spacial score (nSPS) is 15.0. The van der Waals surface area contributed by atoms with Crippen LogP contribution in [0.2, 0.25) is 0 Å². The molecule has 33 heavy (non-hydrogen) atoms. The number of ether oxygens (including phenoxy) is 2. The van der Waals surface area contributed by atoms with Crippen LogP contribution in [0.5, 0.6) is 11.5 Å². The number of hydrogen-bond acceptors (Lipinski definition) is 4. The van der Waals surface area contributed by atoms with E-state index < -0.39 is 29.4 Å². The first-order valence-electron chi connectivity index (χ1n) is 9.88. The van der Waals surface area contributed by atoms with Crippen molar-refractivity contribution >= 4 is 11.6 Å². The molecule has 180 valence electrons. The van der Waals surface area contributed by atoms with Crippen LogP contribution in [-0.2, 0) is 12.0 Å². The van der Waals surface area contributed by atoms with Gasteiger partial charge >= 0.3 is 12.4 Å². The largest absolute Gasteiger partial charge is 0.493 e. The van der Waals surface area contributed by atoms with Crippen LogP contribution in [0.15, 0.2) is 36.4 Å². The molecule has 0 unspecified atom stereocenters. The highest BCUT2D eigenvalue weighted by molar-refractivity contribution is 6.07. The Hall–Kier alpha value is -2.95. The molecule has 1 heterocycles. The fourth-order valence-corrected chi connectivity index (χ4v) is 3.80. The number of halogens is 6. The topological polar surface area (TPSA) is 59.0 Å². The van der Waals surface area contributed by atoms with E-state index in [-0.39, 0.29) is 35.5 Å². The average molecular weight is 477 g/mol. The third-order valence-electron chi connectivity index (χ3n) is 5.56. The lowest BCUT2D eigenvalue weighted by Crippen LogP contribution is -2.54. The summed E-state index contributed by atoms with van der Waals surface area (Å²) >= 11 is 0. The van der Waals surface area contributed by atoms with Gasteiger partial charge in [-0.05, 0) is 49.1 Å². The van der Waals surface area contributed by atoms with Gasteiger partial charge in [0.05, 0.1) is 14.2 Å². The van der Waals surface area contributed by atoms with Crippen molar-refractivity contribution in [2.24, 2.45) is 0 Å². The number of aryl methyl sites for hydroxylation is 1. The number of alkyl halides is 6. The van der Waals surface area contributed by atoms with E-state index in [0.29, 0.717) is 30.7 Å². The second-order valence-corrected chi connectivity index (χ2v) is 7.53. The van der Waals surface area contributed by atoms with E-state index in [9.17, 15) is 36.2 Å². The van der Waals surface area contributed by atoms with Crippen LogP contribution >= 0.6 is 0 Å². The minimum Gasteiger partial charge on any atom is -0.493 e. The maximum Gasteiger partial charge on any atom is 0.430 e. The summed E-state index contributed by atoms with van der Waals surface area (Å²) in [5.41, 5.74) is -5.89. The van der Waals surface area contributed by atoms with Crippen molar-refractivity contribution in [3.05, 3.63) is 53.1 Å². The van der Waals surface area contributed by atoms with Crippen LogP contribution in [0.1, 0.15) is 34.3 Å². The average Bonchev–Trinajstić information content (AvgIpc) is 2.97. The number of rotatable bonds is 4. The van der Waals surface area contributed by atoms with Crippen LogP contribution in [0, 0.1) is 0 Å². The van der Waals surface area contributed by atoms with Gasteiger partial charge in [0.1, 0.15) is 0 Å². The maximum absolute atomic E-state index is 13.3. The minimum absolute atomic E-state index is 0.103. The Balaban J connectivity index is 2.07. The van der Waals surface area contributed by atoms with E-state index in [1.165, 1.54) is 37.3 Å². The van der Waals surface area contributed by atoms with Crippen molar-refractivity contribution in [3.63, 3.8) is 0 Å². The minimum atomic E-state index is -5.99. The summed E-state index contributed by atoms with van der Waals surface area (Å²) in [6, 6.07) is 6.68. The van der Waals surface area contributed by atoms with Gasteiger partial charge in [0, 0.05) is 23.4 Å². The first-order valence-corrected chi connectivity index (χ1v) is 9.88. The lowest BCUT2D eigenvalue weighted by molar-refractivity contribution is -0.376. The van der Waals surface area contributed by atoms with Gasteiger partial charge in [-0.3, -0.25) is 4.79 Å². The zero-order chi connectivity index (χ0) is 24.6. The zero-order valence-corrected chi connectivity index (χ0v) is 17.7. The lowest BCUT2D eigenvalue weighted by Gasteiger charge is -2.33. The Morgan fingerprint density at radius 2 is 1.55 bits per heavy atom. The van der Waals surface area contributed by atoms with E-state index in [2.05, 4.69) is 0 Å². The van der Waals surface area contributed by atoms with Crippen LogP contribution in [0.4, 0.5) is 32.0 Å². The fourth-order valence-electron chi connectivity index (χ4n) is 3.80. The van der Waals surface area contributed by atoms with Crippen LogP contribution in [-0.4, -0.2) is 44.1 Å². The third-order valence-corrected chi connectivity index (χ3v) is 5.56. The number of methoxy groups -OCH3 is 2. The van der Waals surface area contributed by atoms with Gasteiger partial charge < -0.3 is 19.5 Å². The lowest BCUT2D eigenvalue weighted by atomic mass is 9.89. The molecular formula is C22H21F6NO4. The Kier molecular flexibility index (Phi) is 6.56. The molecule has 0 spiro atoms. The molecule has 0 radical (unpaired) electrons. The Labute approximate surface area is 185 Å². The zero-order valence-electron chi connectivity index (χ0n) is 17.7. The molecule has 3 rings (SSSR count). The molecule has 0 aromatic heterocycles. The molecule has 1 N–H and O–H groups in total. The molecule has 0 bridgehead atoms. The number of anilines is 1. The molecule has 5 nitrogen and oxygen atoms in total. The number of carbonyl (C=O) groups is 1. The molecule has 0 saturated heterocycles.